The Balaban J connectivity index is 2.82. The lowest BCUT2D eigenvalue weighted by Crippen LogP contribution is -2.54. The van der Waals surface area contributed by atoms with Crippen LogP contribution < -0.4 is 0 Å². The summed E-state index contributed by atoms with van der Waals surface area (Å²) in [6, 6.07) is 0.0184. The lowest BCUT2D eigenvalue weighted by atomic mass is 9.97. The summed E-state index contributed by atoms with van der Waals surface area (Å²) in [6.07, 6.45) is 3.40. The summed E-state index contributed by atoms with van der Waals surface area (Å²) in [4.78, 5) is 28.1. The van der Waals surface area contributed by atoms with Gasteiger partial charge >= 0.3 is 6.03 Å². The van der Waals surface area contributed by atoms with Crippen molar-refractivity contribution >= 4 is 11.8 Å². The lowest BCUT2D eigenvalue weighted by Gasteiger charge is -2.39. The van der Waals surface area contributed by atoms with Gasteiger partial charge in [0, 0.05) is 25.6 Å². The number of nitrogens with zero attached hydrogens (tertiary/aromatic N) is 2. The van der Waals surface area contributed by atoms with Gasteiger partial charge in [0.25, 0.3) is 0 Å². The van der Waals surface area contributed by atoms with Gasteiger partial charge < -0.3 is 9.80 Å². The first kappa shape index (κ1) is 15.0. The Bertz CT molecular complexity index is 302. The summed E-state index contributed by atoms with van der Waals surface area (Å²) in [6.45, 7) is 9.31. The normalized spacial score (nSPS) is 20.1. The van der Waals surface area contributed by atoms with Gasteiger partial charge in [-0.1, -0.05) is 6.92 Å². The summed E-state index contributed by atoms with van der Waals surface area (Å²) in [7, 11) is 0. The van der Waals surface area contributed by atoms with Crippen molar-refractivity contribution in [1.29, 1.82) is 0 Å². The Morgan fingerprint density at radius 1 is 1.28 bits per heavy atom. The third kappa shape index (κ3) is 3.24. The molecule has 0 aromatic rings. The van der Waals surface area contributed by atoms with E-state index in [0.29, 0.717) is 13.0 Å². The zero-order valence-electron chi connectivity index (χ0n) is 12.1. The second-order valence-corrected chi connectivity index (χ2v) is 5.19. The highest BCUT2D eigenvalue weighted by atomic mass is 16.2. The van der Waals surface area contributed by atoms with Gasteiger partial charge in [0.05, 0.1) is 6.04 Å². The number of hydrogen-bond acceptors (Lipinski definition) is 2. The molecule has 0 bridgehead atoms. The number of likely N-dealkylation sites (tertiary alicyclic amines) is 1. The molecular weight excluding hydrogens is 228 g/mol. The minimum Gasteiger partial charge on any atom is -0.322 e. The highest BCUT2D eigenvalue weighted by Gasteiger charge is 2.33. The van der Waals surface area contributed by atoms with Gasteiger partial charge in [0.2, 0.25) is 0 Å². The molecule has 4 nitrogen and oxygen atoms in total. The molecule has 1 saturated heterocycles. The van der Waals surface area contributed by atoms with E-state index in [9.17, 15) is 9.59 Å². The SMILES string of the molecule is CCC(=O)[C@H]1CCCCN1C(=O)N(CC)C(C)C. The zero-order valence-corrected chi connectivity index (χ0v) is 12.1. The first-order chi connectivity index (χ1) is 8.52. The largest absolute Gasteiger partial charge is 0.322 e. The van der Waals surface area contributed by atoms with Gasteiger partial charge in [-0.05, 0) is 40.0 Å². The third-order valence-electron chi connectivity index (χ3n) is 3.68. The lowest BCUT2D eigenvalue weighted by molar-refractivity contribution is -0.124. The molecular formula is C14H26N2O2. The second kappa shape index (κ2) is 6.76. The van der Waals surface area contributed by atoms with Crippen molar-refractivity contribution < 1.29 is 9.59 Å². The molecule has 104 valence electrons. The van der Waals surface area contributed by atoms with Crippen molar-refractivity contribution in [3.05, 3.63) is 0 Å². The average molecular weight is 254 g/mol. The summed E-state index contributed by atoms with van der Waals surface area (Å²) >= 11 is 0. The highest BCUT2D eigenvalue weighted by Crippen LogP contribution is 2.21. The molecule has 4 heteroatoms. The van der Waals surface area contributed by atoms with Crippen LogP contribution in [0.1, 0.15) is 53.4 Å². The van der Waals surface area contributed by atoms with Crippen molar-refractivity contribution in [3.8, 4) is 0 Å². The maximum atomic E-state index is 12.5. The van der Waals surface area contributed by atoms with E-state index >= 15 is 0 Å². The smallest absolute Gasteiger partial charge is 0.320 e. The third-order valence-corrected chi connectivity index (χ3v) is 3.68. The maximum Gasteiger partial charge on any atom is 0.320 e. The number of hydrogen-bond donors (Lipinski definition) is 0. The number of carbonyl (C=O) groups excluding carboxylic acids is 2. The molecule has 18 heavy (non-hydrogen) atoms. The number of ketones is 1. The van der Waals surface area contributed by atoms with Gasteiger partial charge in [0.15, 0.2) is 5.78 Å². The summed E-state index contributed by atoms with van der Waals surface area (Å²) < 4.78 is 0. The van der Waals surface area contributed by atoms with Crippen LogP contribution in [0.2, 0.25) is 0 Å². The molecule has 1 aliphatic heterocycles. The van der Waals surface area contributed by atoms with Crippen LogP contribution in [0.25, 0.3) is 0 Å². The molecule has 1 fully saturated rings. The van der Waals surface area contributed by atoms with Crippen LogP contribution in [-0.4, -0.2) is 46.8 Å². The molecule has 1 atom stereocenters. The quantitative estimate of drug-likeness (QED) is 0.774. The first-order valence-electron chi connectivity index (χ1n) is 7.12. The van der Waals surface area contributed by atoms with Crippen LogP contribution in [0, 0.1) is 0 Å². The second-order valence-electron chi connectivity index (χ2n) is 5.19. The number of rotatable bonds is 4. The number of Topliss-reactive ketones (excluding diaryl/α,β-unsaturated/α-hetero) is 1. The molecule has 0 N–H and O–H groups in total. The van der Waals surface area contributed by atoms with Crippen molar-refractivity contribution in [2.45, 2.75) is 65.5 Å². The van der Waals surface area contributed by atoms with E-state index in [1.54, 1.807) is 4.90 Å². The van der Waals surface area contributed by atoms with E-state index in [1.807, 2.05) is 32.6 Å². The minimum absolute atomic E-state index is 0.0269. The minimum atomic E-state index is -0.191. The monoisotopic (exact) mass is 254 g/mol. The van der Waals surface area contributed by atoms with Crippen LogP contribution in [0.15, 0.2) is 0 Å². The molecule has 1 rings (SSSR count). The van der Waals surface area contributed by atoms with E-state index in [0.717, 1.165) is 25.8 Å². The number of piperidine rings is 1. The van der Waals surface area contributed by atoms with Gasteiger partial charge in [-0.3, -0.25) is 4.79 Å². The van der Waals surface area contributed by atoms with Crippen molar-refractivity contribution in [1.82, 2.24) is 9.80 Å². The summed E-state index contributed by atoms with van der Waals surface area (Å²) in [5, 5.41) is 0. The fraction of sp³-hybridized carbons (Fsp3) is 0.857. The van der Waals surface area contributed by atoms with Gasteiger partial charge in [-0.25, -0.2) is 4.79 Å². The maximum absolute atomic E-state index is 12.5. The van der Waals surface area contributed by atoms with Crippen LogP contribution >= 0.6 is 0 Å². The average Bonchev–Trinajstić information content (AvgIpc) is 2.38. The van der Waals surface area contributed by atoms with E-state index in [2.05, 4.69) is 0 Å². The Morgan fingerprint density at radius 3 is 2.44 bits per heavy atom. The first-order valence-corrected chi connectivity index (χ1v) is 7.12. The standard InChI is InChI=1S/C14H26N2O2/c1-5-13(17)12-9-7-8-10-16(12)14(18)15(6-2)11(3)4/h11-12H,5-10H2,1-4H3/t12-/m1/s1. The molecule has 0 radical (unpaired) electrons. The molecule has 0 aliphatic carbocycles. The highest BCUT2D eigenvalue weighted by molar-refractivity contribution is 5.88. The predicted octanol–water partition coefficient (Wildman–Crippen LogP) is 2.67. The van der Waals surface area contributed by atoms with E-state index < -0.39 is 0 Å². The van der Waals surface area contributed by atoms with Crippen LogP contribution in [0.4, 0.5) is 4.79 Å². The van der Waals surface area contributed by atoms with Gasteiger partial charge in [-0.15, -0.1) is 0 Å². The molecule has 0 saturated carbocycles. The zero-order chi connectivity index (χ0) is 13.7. The van der Waals surface area contributed by atoms with Crippen LogP contribution in [0.5, 0.6) is 0 Å². The number of urea groups is 1. The molecule has 2 amide bonds. The number of amides is 2. The van der Waals surface area contributed by atoms with Crippen LogP contribution in [0.3, 0.4) is 0 Å². The van der Waals surface area contributed by atoms with Crippen LogP contribution in [-0.2, 0) is 4.79 Å². The Labute approximate surface area is 110 Å². The summed E-state index contributed by atoms with van der Waals surface area (Å²) in [5.41, 5.74) is 0. The summed E-state index contributed by atoms with van der Waals surface area (Å²) in [5.74, 6) is 0.197. The Morgan fingerprint density at radius 2 is 1.94 bits per heavy atom. The molecule has 0 unspecified atom stereocenters. The topological polar surface area (TPSA) is 40.6 Å². The Kier molecular flexibility index (Phi) is 5.63. The Hall–Kier alpha value is -1.06. The predicted molar refractivity (Wildman–Crippen MR) is 72.6 cm³/mol. The fourth-order valence-corrected chi connectivity index (χ4v) is 2.62. The van der Waals surface area contributed by atoms with Crippen molar-refractivity contribution in [2.75, 3.05) is 13.1 Å². The molecule has 0 aromatic heterocycles. The van der Waals surface area contributed by atoms with E-state index in [-0.39, 0.29) is 23.9 Å². The fourth-order valence-electron chi connectivity index (χ4n) is 2.62. The number of carbonyl (C=O) groups is 2. The molecule has 1 aliphatic rings. The van der Waals surface area contributed by atoms with Gasteiger partial charge in [0.1, 0.15) is 0 Å². The molecule has 0 spiro atoms. The van der Waals surface area contributed by atoms with Crippen molar-refractivity contribution in [2.24, 2.45) is 0 Å². The van der Waals surface area contributed by atoms with E-state index in [4.69, 9.17) is 0 Å². The van der Waals surface area contributed by atoms with Crippen molar-refractivity contribution in [3.63, 3.8) is 0 Å². The van der Waals surface area contributed by atoms with E-state index in [1.165, 1.54) is 0 Å². The molecule has 1 heterocycles. The molecule has 0 aromatic carbocycles. The van der Waals surface area contributed by atoms with Gasteiger partial charge in [-0.2, -0.15) is 0 Å².